The number of thiophene rings is 1. The Morgan fingerprint density at radius 1 is 1.48 bits per heavy atom. The molecule has 0 saturated carbocycles. The van der Waals surface area contributed by atoms with Gasteiger partial charge in [0.15, 0.2) is 0 Å². The number of aromatic nitrogens is 1. The van der Waals surface area contributed by atoms with Gasteiger partial charge in [0.2, 0.25) is 0 Å². The van der Waals surface area contributed by atoms with Crippen molar-refractivity contribution in [3.8, 4) is 5.75 Å². The molecule has 21 heavy (non-hydrogen) atoms. The molecule has 1 unspecified atom stereocenters. The Hall–Kier alpha value is -1.59. The van der Waals surface area contributed by atoms with Gasteiger partial charge in [-0.3, -0.25) is 9.78 Å². The Balaban J connectivity index is 1.66. The molecule has 0 aliphatic carbocycles. The highest BCUT2D eigenvalue weighted by Gasteiger charge is 2.26. The summed E-state index contributed by atoms with van der Waals surface area (Å²) < 4.78 is 5.92. The summed E-state index contributed by atoms with van der Waals surface area (Å²) in [6.45, 7) is 1.37. The van der Waals surface area contributed by atoms with Crippen LogP contribution in [0.4, 0.5) is 0 Å². The van der Waals surface area contributed by atoms with Crippen LogP contribution < -0.4 is 4.74 Å². The summed E-state index contributed by atoms with van der Waals surface area (Å²) in [5, 5.41) is 4.30. The fourth-order valence-electron chi connectivity index (χ4n) is 2.43. The van der Waals surface area contributed by atoms with Crippen molar-refractivity contribution < 1.29 is 9.53 Å². The third-order valence-corrected chi connectivity index (χ3v) is 4.43. The molecular weight excluding hydrogens is 308 g/mol. The van der Waals surface area contributed by atoms with E-state index in [2.05, 4.69) is 4.98 Å². The third kappa shape index (κ3) is 3.36. The van der Waals surface area contributed by atoms with Gasteiger partial charge in [0, 0.05) is 30.4 Å². The number of pyridine rings is 1. The van der Waals surface area contributed by atoms with Crippen LogP contribution >= 0.6 is 22.9 Å². The first-order chi connectivity index (χ1) is 10.2. The Morgan fingerprint density at radius 2 is 2.38 bits per heavy atom. The van der Waals surface area contributed by atoms with Crippen LogP contribution in [0, 0.1) is 0 Å². The molecular formula is C15H15ClN2O2S. The lowest BCUT2D eigenvalue weighted by Gasteiger charge is -2.32. The molecule has 3 heterocycles. The SMILES string of the molecule is O=C(c1ccsc1)N1CCCC(Oc2ccncc2Cl)C1. The fourth-order valence-corrected chi connectivity index (χ4v) is 3.22. The maximum Gasteiger partial charge on any atom is 0.254 e. The van der Waals surface area contributed by atoms with Crippen LogP contribution in [0.2, 0.25) is 5.02 Å². The molecule has 3 rings (SSSR count). The summed E-state index contributed by atoms with van der Waals surface area (Å²) in [6.07, 6.45) is 5.04. The van der Waals surface area contributed by atoms with E-state index in [1.54, 1.807) is 18.5 Å². The molecule has 2 aromatic heterocycles. The summed E-state index contributed by atoms with van der Waals surface area (Å²) in [6, 6.07) is 3.61. The number of hydrogen-bond donors (Lipinski definition) is 0. The Bertz CT molecular complexity index is 618. The van der Waals surface area contributed by atoms with Crippen molar-refractivity contribution in [1.29, 1.82) is 0 Å². The maximum absolute atomic E-state index is 12.4. The predicted molar refractivity (Wildman–Crippen MR) is 83.1 cm³/mol. The van der Waals surface area contributed by atoms with Crippen molar-refractivity contribution in [1.82, 2.24) is 9.88 Å². The van der Waals surface area contributed by atoms with Crippen molar-refractivity contribution in [2.75, 3.05) is 13.1 Å². The summed E-state index contributed by atoms with van der Waals surface area (Å²) in [5.74, 6) is 0.701. The number of carbonyl (C=O) groups excluding carboxylic acids is 1. The number of piperidine rings is 1. The summed E-state index contributed by atoms with van der Waals surface area (Å²) in [5.41, 5.74) is 0.752. The van der Waals surface area contributed by atoms with Crippen molar-refractivity contribution in [2.24, 2.45) is 0 Å². The molecule has 6 heteroatoms. The zero-order chi connectivity index (χ0) is 14.7. The molecule has 1 aliphatic heterocycles. The van der Waals surface area contributed by atoms with E-state index < -0.39 is 0 Å². The maximum atomic E-state index is 12.4. The second kappa shape index (κ2) is 6.45. The lowest BCUT2D eigenvalue weighted by molar-refractivity contribution is 0.0538. The highest BCUT2D eigenvalue weighted by Crippen LogP contribution is 2.26. The Morgan fingerprint density at radius 3 is 3.14 bits per heavy atom. The van der Waals surface area contributed by atoms with Gasteiger partial charge in [-0.15, -0.1) is 0 Å². The number of nitrogens with zero attached hydrogens (tertiary/aromatic N) is 2. The number of likely N-dealkylation sites (tertiary alicyclic amines) is 1. The zero-order valence-electron chi connectivity index (χ0n) is 11.4. The molecule has 1 aliphatic rings. The first-order valence-electron chi connectivity index (χ1n) is 6.81. The van der Waals surface area contributed by atoms with Gasteiger partial charge < -0.3 is 9.64 Å². The average Bonchev–Trinajstić information content (AvgIpc) is 3.03. The molecule has 2 aromatic rings. The molecule has 0 N–H and O–H groups in total. The number of rotatable bonds is 3. The van der Waals surface area contributed by atoms with Gasteiger partial charge in [-0.1, -0.05) is 11.6 Å². The molecule has 0 aromatic carbocycles. The van der Waals surface area contributed by atoms with Gasteiger partial charge in [0.05, 0.1) is 12.1 Å². The second-order valence-electron chi connectivity index (χ2n) is 4.95. The van der Waals surface area contributed by atoms with E-state index in [1.165, 1.54) is 11.3 Å². The van der Waals surface area contributed by atoms with E-state index in [0.29, 0.717) is 17.3 Å². The number of carbonyl (C=O) groups is 1. The molecule has 1 saturated heterocycles. The quantitative estimate of drug-likeness (QED) is 0.869. The summed E-state index contributed by atoms with van der Waals surface area (Å²) in [4.78, 5) is 18.2. The van der Waals surface area contributed by atoms with E-state index in [9.17, 15) is 4.79 Å². The van der Waals surface area contributed by atoms with E-state index in [1.807, 2.05) is 21.7 Å². The molecule has 0 radical (unpaired) electrons. The van der Waals surface area contributed by atoms with Crippen molar-refractivity contribution in [3.63, 3.8) is 0 Å². The number of hydrogen-bond acceptors (Lipinski definition) is 4. The van der Waals surface area contributed by atoms with E-state index in [4.69, 9.17) is 16.3 Å². The minimum absolute atomic E-state index is 0.0266. The zero-order valence-corrected chi connectivity index (χ0v) is 12.9. The van der Waals surface area contributed by atoms with E-state index in [0.717, 1.165) is 24.9 Å². The summed E-state index contributed by atoms with van der Waals surface area (Å²) >= 11 is 7.59. The molecule has 0 bridgehead atoms. The van der Waals surface area contributed by atoms with Crippen LogP contribution in [0.3, 0.4) is 0 Å². The van der Waals surface area contributed by atoms with Crippen LogP contribution in [0.25, 0.3) is 0 Å². The topological polar surface area (TPSA) is 42.4 Å². The summed E-state index contributed by atoms with van der Waals surface area (Å²) in [7, 11) is 0. The van der Waals surface area contributed by atoms with Gasteiger partial charge >= 0.3 is 0 Å². The third-order valence-electron chi connectivity index (χ3n) is 3.46. The number of amides is 1. The fraction of sp³-hybridized carbons (Fsp3) is 0.333. The monoisotopic (exact) mass is 322 g/mol. The lowest BCUT2D eigenvalue weighted by atomic mass is 10.1. The molecule has 1 amide bonds. The van der Waals surface area contributed by atoms with Crippen LogP contribution in [0.5, 0.6) is 5.75 Å². The Kier molecular flexibility index (Phi) is 4.41. The van der Waals surface area contributed by atoms with Crippen LogP contribution in [-0.4, -0.2) is 35.0 Å². The molecule has 0 spiro atoms. The van der Waals surface area contributed by atoms with Crippen LogP contribution in [0.15, 0.2) is 35.3 Å². The molecule has 4 nitrogen and oxygen atoms in total. The first kappa shape index (κ1) is 14.4. The number of ether oxygens (including phenoxy) is 1. The number of halogens is 1. The van der Waals surface area contributed by atoms with Crippen molar-refractivity contribution in [3.05, 3.63) is 45.9 Å². The van der Waals surface area contributed by atoms with Gasteiger partial charge in [-0.25, -0.2) is 0 Å². The molecule has 110 valence electrons. The highest BCUT2D eigenvalue weighted by atomic mass is 35.5. The van der Waals surface area contributed by atoms with Gasteiger partial charge in [-0.2, -0.15) is 11.3 Å². The second-order valence-corrected chi connectivity index (χ2v) is 6.14. The molecule has 1 fully saturated rings. The van der Waals surface area contributed by atoms with Crippen LogP contribution in [0.1, 0.15) is 23.2 Å². The van der Waals surface area contributed by atoms with Crippen LogP contribution in [-0.2, 0) is 0 Å². The highest BCUT2D eigenvalue weighted by molar-refractivity contribution is 7.08. The largest absolute Gasteiger partial charge is 0.487 e. The normalized spacial score (nSPS) is 18.5. The minimum Gasteiger partial charge on any atom is -0.487 e. The van der Waals surface area contributed by atoms with E-state index in [-0.39, 0.29) is 12.0 Å². The average molecular weight is 323 g/mol. The van der Waals surface area contributed by atoms with Crippen molar-refractivity contribution in [2.45, 2.75) is 18.9 Å². The minimum atomic E-state index is -0.0266. The standard InChI is InChI=1S/C15H15ClN2O2S/c16-13-8-17-5-3-14(13)20-12-2-1-6-18(9-12)15(19)11-4-7-21-10-11/h3-5,7-8,10,12H,1-2,6,9H2. The smallest absolute Gasteiger partial charge is 0.254 e. The lowest BCUT2D eigenvalue weighted by Crippen LogP contribution is -2.44. The van der Waals surface area contributed by atoms with Gasteiger partial charge in [0.25, 0.3) is 5.91 Å². The van der Waals surface area contributed by atoms with Gasteiger partial charge in [-0.05, 0) is 24.3 Å². The van der Waals surface area contributed by atoms with Crippen molar-refractivity contribution >= 4 is 28.8 Å². The predicted octanol–water partition coefficient (Wildman–Crippen LogP) is 3.48. The molecule has 1 atom stereocenters. The van der Waals surface area contributed by atoms with E-state index >= 15 is 0 Å². The first-order valence-corrected chi connectivity index (χ1v) is 8.14. The Labute approximate surface area is 132 Å². The van der Waals surface area contributed by atoms with Gasteiger partial charge in [0.1, 0.15) is 16.9 Å².